The Morgan fingerprint density at radius 3 is 1.74 bits per heavy atom. The first-order chi connectivity index (χ1) is 12.4. The van der Waals surface area contributed by atoms with Gasteiger partial charge in [0.05, 0.1) is 13.2 Å². The molecule has 0 saturated carbocycles. The number of aliphatic hydroxyl groups excluding tert-OH is 8. The summed E-state index contributed by atoms with van der Waals surface area (Å²) < 4.78 is 48.2. The van der Waals surface area contributed by atoms with E-state index in [2.05, 4.69) is 0 Å². The van der Waals surface area contributed by atoms with Gasteiger partial charge in [0.2, 0.25) is 5.79 Å². The molecule has 0 spiro atoms. The van der Waals surface area contributed by atoms with Crippen LogP contribution in [0.25, 0.3) is 0 Å². The zero-order chi connectivity index (χ0) is 20.8. The van der Waals surface area contributed by atoms with Crippen LogP contribution in [-0.2, 0) is 24.3 Å². The zero-order valence-electron chi connectivity index (χ0n) is 13.6. The molecule has 14 nitrogen and oxygen atoms in total. The molecule has 0 amide bonds. The van der Waals surface area contributed by atoms with Gasteiger partial charge >= 0.3 is 15.2 Å². The van der Waals surface area contributed by atoms with E-state index < -0.39 is 83.6 Å². The number of ether oxygens (including phenoxy) is 3. The Labute approximate surface area is 152 Å². The van der Waals surface area contributed by atoms with Gasteiger partial charge in [0.15, 0.2) is 6.10 Å². The first-order valence-corrected chi connectivity index (χ1v) is 9.10. The molecule has 2 aliphatic heterocycles. The van der Waals surface area contributed by atoms with Crippen molar-refractivity contribution in [2.45, 2.75) is 53.6 Å². The molecule has 0 bridgehead atoms. The second kappa shape index (κ2) is 7.71. The third-order valence-corrected chi connectivity index (χ3v) is 5.63. The summed E-state index contributed by atoms with van der Waals surface area (Å²) in [7, 11) is -5.66. The molecule has 2 saturated heterocycles. The topological polar surface area (TPSA) is 244 Å². The molecule has 27 heavy (non-hydrogen) atoms. The Balaban J connectivity index is 2.54. The van der Waals surface area contributed by atoms with Crippen molar-refractivity contribution in [2.75, 3.05) is 19.8 Å². The summed E-state index contributed by atoms with van der Waals surface area (Å²) in [6.45, 7) is -3.35. The number of hydrogen-bond donors (Lipinski definition) is 9. The molecular formula is C12H22O14S. The van der Waals surface area contributed by atoms with Crippen LogP contribution in [0.4, 0.5) is 0 Å². The summed E-state index contributed by atoms with van der Waals surface area (Å²) >= 11 is 0. The minimum Gasteiger partial charge on any atom is -0.394 e. The Hall–Kier alpha value is -0.530. The maximum atomic E-state index is 12.0. The van der Waals surface area contributed by atoms with Crippen LogP contribution in [0, 0.1) is 0 Å². The lowest BCUT2D eigenvalue weighted by atomic mass is 9.98. The van der Waals surface area contributed by atoms with Gasteiger partial charge in [0, 0.05) is 0 Å². The lowest BCUT2D eigenvalue weighted by Crippen LogP contribution is -2.72. The third kappa shape index (κ3) is 3.48. The first kappa shape index (κ1) is 22.8. The zero-order valence-corrected chi connectivity index (χ0v) is 14.5. The van der Waals surface area contributed by atoms with Gasteiger partial charge in [0.1, 0.15) is 43.2 Å². The summed E-state index contributed by atoms with van der Waals surface area (Å²) in [5.74, 6) is -2.84. The van der Waals surface area contributed by atoms with E-state index in [0.717, 1.165) is 0 Å². The van der Waals surface area contributed by atoms with Crippen molar-refractivity contribution in [1.29, 1.82) is 0 Å². The van der Waals surface area contributed by atoms with E-state index in [-0.39, 0.29) is 0 Å². The lowest BCUT2D eigenvalue weighted by molar-refractivity contribution is -0.403. The minimum absolute atomic E-state index is 0.897. The molecule has 15 heteroatoms. The van der Waals surface area contributed by atoms with E-state index in [4.69, 9.17) is 19.3 Å². The second-order valence-corrected chi connectivity index (χ2v) is 7.71. The second-order valence-electron chi connectivity index (χ2n) is 6.19. The highest BCUT2D eigenvalue weighted by Gasteiger charge is 2.68. The summed E-state index contributed by atoms with van der Waals surface area (Å²) in [6.07, 6.45) is -14.6. The molecule has 1 unspecified atom stereocenters. The summed E-state index contributed by atoms with van der Waals surface area (Å²) in [5.41, 5.74) is 0. The predicted octanol–water partition coefficient (Wildman–Crippen LogP) is -6.18. The molecule has 9 atom stereocenters. The summed E-state index contributed by atoms with van der Waals surface area (Å²) in [5, 5.41) is 74.0. The number of rotatable bonds is 6. The molecule has 160 valence electrons. The molecule has 0 aromatic carbocycles. The molecular weight excluding hydrogens is 400 g/mol. The third-order valence-electron chi connectivity index (χ3n) is 4.49. The molecule has 0 aromatic heterocycles. The standard InChI is InChI=1S/C12H22O14S/c13-1-4-6(16)8(18)10(20)12(25-4,27(21,22)23)26-11(3-15)9(19)7(17)5(2-14)24-11/h4-10,13-20H,1-3H2,(H,21,22,23)/t4-,5-,6-,7-,8+,9+,10-,11?,12-/m1/s1. The van der Waals surface area contributed by atoms with E-state index >= 15 is 0 Å². The Kier molecular flexibility index (Phi) is 6.50. The average Bonchev–Trinajstić information content (AvgIpc) is 2.86. The van der Waals surface area contributed by atoms with E-state index in [1.807, 2.05) is 0 Å². The normalized spacial score (nSPS) is 48.7. The molecule has 0 aromatic rings. The van der Waals surface area contributed by atoms with Crippen LogP contribution < -0.4 is 0 Å². The van der Waals surface area contributed by atoms with Crippen LogP contribution in [-0.4, -0.2) is 127 Å². The Morgan fingerprint density at radius 2 is 1.33 bits per heavy atom. The Bertz CT molecular complexity index is 626. The molecule has 2 heterocycles. The van der Waals surface area contributed by atoms with Gasteiger partial charge in [-0.2, -0.15) is 8.42 Å². The SMILES string of the molecule is O=S(=O)(O)[C@@]1(OC2(CO)O[C@H](CO)[C@@H](O)[C@@H]2O)O[C@H](CO)[C@@H](O)[C@H](O)[C@H]1O. The average molecular weight is 422 g/mol. The van der Waals surface area contributed by atoms with Gasteiger partial charge in [-0.25, -0.2) is 0 Å². The van der Waals surface area contributed by atoms with Crippen LogP contribution in [0.15, 0.2) is 0 Å². The molecule has 2 rings (SSSR count). The van der Waals surface area contributed by atoms with Crippen molar-refractivity contribution in [3.8, 4) is 0 Å². The van der Waals surface area contributed by atoms with E-state index in [1.54, 1.807) is 0 Å². The molecule has 2 fully saturated rings. The fourth-order valence-corrected chi connectivity index (χ4v) is 3.89. The van der Waals surface area contributed by atoms with Crippen molar-refractivity contribution in [1.82, 2.24) is 0 Å². The van der Waals surface area contributed by atoms with Crippen molar-refractivity contribution in [2.24, 2.45) is 0 Å². The smallest absolute Gasteiger partial charge is 0.332 e. The van der Waals surface area contributed by atoms with Crippen LogP contribution >= 0.6 is 0 Å². The van der Waals surface area contributed by atoms with E-state index in [9.17, 15) is 48.7 Å². The van der Waals surface area contributed by atoms with Gasteiger partial charge in [-0.05, 0) is 0 Å². The highest BCUT2D eigenvalue weighted by atomic mass is 32.2. The monoisotopic (exact) mass is 422 g/mol. The maximum Gasteiger partial charge on any atom is 0.332 e. The van der Waals surface area contributed by atoms with Gasteiger partial charge in [0.25, 0.3) is 0 Å². The summed E-state index contributed by atoms with van der Waals surface area (Å²) in [6, 6.07) is 0. The van der Waals surface area contributed by atoms with Crippen molar-refractivity contribution in [3.05, 3.63) is 0 Å². The van der Waals surface area contributed by atoms with Crippen LogP contribution in [0.3, 0.4) is 0 Å². The van der Waals surface area contributed by atoms with Crippen molar-refractivity contribution < 1.29 is 68.0 Å². The fraction of sp³-hybridized carbons (Fsp3) is 1.00. The molecule has 0 radical (unpaired) electrons. The fourth-order valence-electron chi connectivity index (χ4n) is 2.95. The van der Waals surface area contributed by atoms with E-state index in [0.29, 0.717) is 0 Å². The molecule has 0 aliphatic carbocycles. The van der Waals surface area contributed by atoms with Crippen molar-refractivity contribution >= 4 is 10.1 Å². The van der Waals surface area contributed by atoms with Crippen molar-refractivity contribution in [3.63, 3.8) is 0 Å². The van der Waals surface area contributed by atoms with Crippen LogP contribution in [0.2, 0.25) is 0 Å². The molecule has 2 aliphatic rings. The van der Waals surface area contributed by atoms with Crippen LogP contribution in [0.1, 0.15) is 0 Å². The van der Waals surface area contributed by atoms with Crippen LogP contribution in [0.5, 0.6) is 0 Å². The number of hydrogen-bond acceptors (Lipinski definition) is 13. The first-order valence-electron chi connectivity index (χ1n) is 7.66. The van der Waals surface area contributed by atoms with E-state index in [1.165, 1.54) is 0 Å². The largest absolute Gasteiger partial charge is 0.394 e. The maximum absolute atomic E-state index is 12.0. The van der Waals surface area contributed by atoms with Gasteiger partial charge in [-0.1, -0.05) is 0 Å². The predicted molar refractivity (Wildman–Crippen MR) is 79.1 cm³/mol. The minimum atomic E-state index is -5.66. The summed E-state index contributed by atoms with van der Waals surface area (Å²) in [4.78, 5) is 0. The highest BCUT2D eigenvalue weighted by molar-refractivity contribution is 7.87. The quantitative estimate of drug-likeness (QED) is 0.181. The lowest BCUT2D eigenvalue weighted by Gasteiger charge is -2.48. The van der Waals surface area contributed by atoms with Gasteiger partial charge in [-0.15, -0.1) is 0 Å². The highest BCUT2D eigenvalue weighted by Crippen LogP contribution is 2.42. The molecule has 9 N–H and O–H groups in total. The Morgan fingerprint density at radius 1 is 0.815 bits per heavy atom. The van der Waals surface area contributed by atoms with Gasteiger partial charge < -0.3 is 50.3 Å². The van der Waals surface area contributed by atoms with Gasteiger partial charge in [-0.3, -0.25) is 9.29 Å². The number of aliphatic hydroxyl groups is 8.